The first-order chi connectivity index (χ1) is 12.3. The Kier molecular flexibility index (Phi) is 5.02. The SMILES string of the molecule is CCNc1nc(N2CCN(C3CCCCC3)CC2)nc2ccccc12. The van der Waals surface area contributed by atoms with Crippen molar-refractivity contribution in [2.45, 2.75) is 45.1 Å². The van der Waals surface area contributed by atoms with Crippen molar-refractivity contribution in [3.8, 4) is 0 Å². The molecule has 2 fully saturated rings. The van der Waals surface area contributed by atoms with Gasteiger partial charge in [-0.1, -0.05) is 31.4 Å². The number of anilines is 2. The van der Waals surface area contributed by atoms with Crippen molar-refractivity contribution in [3.05, 3.63) is 24.3 Å². The van der Waals surface area contributed by atoms with Crippen LogP contribution in [0.2, 0.25) is 0 Å². The normalized spacial score (nSPS) is 20.1. The topological polar surface area (TPSA) is 44.3 Å². The van der Waals surface area contributed by atoms with Gasteiger partial charge in [-0.05, 0) is 31.9 Å². The predicted octanol–water partition coefficient (Wildman–Crippen LogP) is 3.52. The molecule has 1 saturated heterocycles. The van der Waals surface area contributed by atoms with E-state index in [-0.39, 0.29) is 0 Å². The minimum atomic E-state index is 0.811. The molecule has 4 rings (SSSR count). The molecule has 0 spiro atoms. The summed E-state index contributed by atoms with van der Waals surface area (Å²) in [6, 6.07) is 9.09. The van der Waals surface area contributed by atoms with Crippen LogP contribution in [0.25, 0.3) is 10.9 Å². The molecule has 5 heteroatoms. The molecule has 1 N–H and O–H groups in total. The van der Waals surface area contributed by atoms with Crippen LogP contribution in [0.4, 0.5) is 11.8 Å². The summed E-state index contributed by atoms with van der Waals surface area (Å²) >= 11 is 0. The van der Waals surface area contributed by atoms with Crippen molar-refractivity contribution < 1.29 is 0 Å². The van der Waals surface area contributed by atoms with Crippen molar-refractivity contribution in [2.24, 2.45) is 0 Å². The third-order valence-corrected chi connectivity index (χ3v) is 5.62. The highest BCUT2D eigenvalue weighted by Gasteiger charge is 2.26. The van der Waals surface area contributed by atoms with Crippen LogP contribution in [0.3, 0.4) is 0 Å². The van der Waals surface area contributed by atoms with Crippen molar-refractivity contribution in [2.75, 3.05) is 42.9 Å². The van der Waals surface area contributed by atoms with Crippen LogP contribution in [0.5, 0.6) is 0 Å². The summed E-state index contributed by atoms with van der Waals surface area (Å²) in [6.45, 7) is 7.31. The molecule has 1 aliphatic carbocycles. The Balaban J connectivity index is 1.50. The van der Waals surface area contributed by atoms with E-state index in [1.54, 1.807) is 0 Å². The van der Waals surface area contributed by atoms with Crippen LogP contribution in [0.15, 0.2) is 24.3 Å². The van der Waals surface area contributed by atoms with E-state index in [1.807, 2.05) is 0 Å². The number of para-hydroxylation sites is 1. The van der Waals surface area contributed by atoms with E-state index in [0.29, 0.717) is 0 Å². The zero-order valence-corrected chi connectivity index (χ0v) is 15.2. The van der Waals surface area contributed by atoms with Gasteiger partial charge in [0.2, 0.25) is 5.95 Å². The molecule has 134 valence electrons. The average Bonchev–Trinajstić information content (AvgIpc) is 2.69. The summed E-state index contributed by atoms with van der Waals surface area (Å²) in [4.78, 5) is 14.7. The summed E-state index contributed by atoms with van der Waals surface area (Å²) in [5.41, 5.74) is 1.03. The van der Waals surface area contributed by atoms with Crippen LogP contribution in [-0.2, 0) is 0 Å². The van der Waals surface area contributed by atoms with Gasteiger partial charge in [0.15, 0.2) is 0 Å². The van der Waals surface area contributed by atoms with Gasteiger partial charge in [-0.15, -0.1) is 0 Å². The Bertz CT molecular complexity index is 702. The lowest BCUT2D eigenvalue weighted by atomic mass is 9.94. The molecule has 0 unspecified atom stereocenters. The first-order valence-corrected chi connectivity index (χ1v) is 9.85. The van der Waals surface area contributed by atoms with Gasteiger partial charge in [-0.2, -0.15) is 4.98 Å². The predicted molar refractivity (Wildman–Crippen MR) is 104 cm³/mol. The van der Waals surface area contributed by atoms with E-state index in [2.05, 4.69) is 46.3 Å². The molecule has 1 saturated carbocycles. The van der Waals surface area contributed by atoms with Gasteiger partial charge in [-0.25, -0.2) is 4.98 Å². The van der Waals surface area contributed by atoms with Crippen LogP contribution in [0, 0.1) is 0 Å². The van der Waals surface area contributed by atoms with Crippen LogP contribution in [0.1, 0.15) is 39.0 Å². The van der Waals surface area contributed by atoms with E-state index in [4.69, 9.17) is 9.97 Å². The van der Waals surface area contributed by atoms with Crippen molar-refractivity contribution in [1.29, 1.82) is 0 Å². The fourth-order valence-corrected chi connectivity index (χ4v) is 4.24. The summed E-state index contributed by atoms with van der Waals surface area (Å²) in [7, 11) is 0. The van der Waals surface area contributed by atoms with E-state index >= 15 is 0 Å². The Labute approximate surface area is 150 Å². The van der Waals surface area contributed by atoms with E-state index in [0.717, 1.165) is 61.4 Å². The smallest absolute Gasteiger partial charge is 0.227 e. The molecule has 0 bridgehead atoms. The average molecular weight is 339 g/mol. The number of aromatic nitrogens is 2. The molecule has 5 nitrogen and oxygen atoms in total. The fraction of sp³-hybridized carbons (Fsp3) is 0.600. The number of piperazine rings is 1. The highest BCUT2D eigenvalue weighted by Crippen LogP contribution is 2.26. The summed E-state index contributed by atoms with van der Waals surface area (Å²) in [5.74, 6) is 1.83. The van der Waals surface area contributed by atoms with Gasteiger partial charge in [0.1, 0.15) is 5.82 Å². The molecule has 2 aliphatic rings. The standard InChI is InChI=1S/C20H29N5/c1-2-21-19-17-10-6-7-11-18(17)22-20(23-19)25-14-12-24(13-15-25)16-8-4-3-5-9-16/h6-7,10-11,16H,2-5,8-9,12-15H2,1H3,(H,21,22,23). The molecular weight excluding hydrogens is 310 g/mol. The number of rotatable bonds is 4. The van der Waals surface area contributed by atoms with Gasteiger partial charge >= 0.3 is 0 Å². The summed E-state index contributed by atoms with van der Waals surface area (Å²) in [6.07, 6.45) is 7.01. The molecule has 2 aromatic rings. The molecule has 0 atom stereocenters. The zero-order chi connectivity index (χ0) is 17.1. The lowest BCUT2D eigenvalue weighted by molar-refractivity contribution is 0.147. The van der Waals surface area contributed by atoms with Crippen LogP contribution in [-0.4, -0.2) is 53.6 Å². The molecule has 1 aromatic heterocycles. The largest absolute Gasteiger partial charge is 0.370 e. The third-order valence-electron chi connectivity index (χ3n) is 5.62. The van der Waals surface area contributed by atoms with E-state index < -0.39 is 0 Å². The number of benzene rings is 1. The van der Waals surface area contributed by atoms with Crippen molar-refractivity contribution in [1.82, 2.24) is 14.9 Å². The Morgan fingerprint density at radius 2 is 1.76 bits per heavy atom. The first-order valence-electron chi connectivity index (χ1n) is 9.85. The second-order valence-electron chi connectivity index (χ2n) is 7.23. The number of nitrogens with one attached hydrogen (secondary N) is 1. The third kappa shape index (κ3) is 3.56. The highest BCUT2D eigenvalue weighted by molar-refractivity contribution is 5.90. The molecule has 2 heterocycles. The summed E-state index contributed by atoms with van der Waals surface area (Å²) in [5, 5.41) is 4.51. The minimum absolute atomic E-state index is 0.811. The molecular formula is C20H29N5. The Morgan fingerprint density at radius 3 is 2.52 bits per heavy atom. The first kappa shape index (κ1) is 16.6. The van der Waals surface area contributed by atoms with Crippen LogP contribution < -0.4 is 10.2 Å². The Hall–Kier alpha value is -1.88. The second kappa shape index (κ2) is 7.56. The highest BCUT2D eigenvalue weighted by atomic mass is 15.3. The molecule has 1 aromatic carbocycles. The lowest BCUT2D eigenvalue weighted by Crippen LogP contribution is -2.51. The lowest BCUT2D eigenvalue weighted by Gasteiger charge is -2.40. The zero-order valence-electron chi connectivity index (χ0n) is 15.2. The summed E-state index contributed by atoms with van der Waals surface area (Å²) < 4.78 is 0. The van der Waals surface area contributed by atoms with Gasteiger partial charge in [0.05, 0.1) is 5.52 Å². The van der Waals surface area contributed by atoms with Crippen LogP contribution >= 0.6 is 0 Å². The van der Waals surface area contributed by atoms with Crippen molar-refractivity contribution in [3.63, 3.8) is 0 Å². The van der Waals surface area contributed by atoms with Gasteiger partial charge in [-0.3, -0.25) is 4.90 Å². The van der Waals surface area contributed by atoms with E-state index in [9.17, 15) is 0 Å². The Morgan fingerprint density at radius 1 is 1.00 bits per heavy atom. The quantitative estimate of drug-likeness (QED) is 0.923. The number of hydrogen-bond acceptors (Lipinski definition) is 5. The monoisotopic (exact) mass is 339 g/mol. The second-order valence-corrected chi connectivity index (χ2v) is 7.23. The fourth-order valence-electron chi connectivity index (χ4n) is 4.24. The number of hydrogen-bond donors (Lipinski definition) is 1. The number of fused-ring (bicyclic) bond motifs is 1. The number of nitrogens with zero attached hydrogens (tertiary/aromatic N) is 4. The molecule has 1 aliphatic heterocycles. The van der Waals surface area contributed by atoms with Gasteiger partial charge in [0, 0.05) is 44.2 Å². The minimum Gasteiger partial charge on any atom is -0.370 e. The van der Waals surface area contributed by atoms with Gasteiger partial charge in [0.25, 0.3) is 0 Å². The molecule has 0 radical (unpaired) electrons. The molecule has 25 heavy (non-hydrogen) atoms. The molecule has 0 amide bonds. The maximum Gasteiger partial charge on any atom is 0.227 e. The maximum atomic E-state index is 4.84. The van der Waals surface area contributed by atoms with E-state index in [1.165, 1.54) is 32.1 Å². The van der Waals surface area contributed by atoms with Crippen molar-refractivity contribution >= 4 is 22.7 Å². The van der Waals surface area contributed by atoms with Gasteiger partial charge < -0.3 is 10.2 Å². The maximum absolute atomic E-state index is 4.84.